The number of carboxylic acid groups (broad SMARTS) is 1. The quantitative estimate of drug-likeness (QED) is 0.305. The van der Waals surface area contributed by atoms with Gasteiger partial charge in [-0.15, -0.1) is 5.10 Å². The monoisotopic (exact) mass is 536 g/mol. The van der Waals surface area contributed by atoms with E-state index >= 15 is 0 Å². The maximum Gasteiger partial charge on any atom is 0.416 e. The molecule has 0 unspecified atom stereocenters. The molecule has 0 radical (unpaired) electrons. The van der Waals surface area contributed by atoms with E-state index in [4.69, 9.17) is 5.11 Å². The van der Waals surface area contributed by atoms with Gasteiger partial charge in [0.05, 0.1) is 35.5 Å². The summed E-state index contributed by atoms with van der Waals surface area (Å²) in [5, 5.41) is 27.7. The summed E-state index contributed by atoms with van der Waals surface area (Å²) in [5.74, 6) is -1.54. The zero-order valence-electron chi connectivity index (χ0n) is 20.2. The molecule has 0 bridgehead atoms. The molecule has 0 fully saturated rings. The molecule has 13 heteroatoms. The second-order valence-corrected chi connectivity index (χ2v) is 8.75. The summed E-state index contributed by atoms with van der Waals surface area (Å²) in [6.07, 6.45) is -3.08. The minimum atomic E-state index is -4.46. The van der Waals surface area contributed by atoms with E-state index in [1.807, 2.05) is 0 Å². The van der Waals surface area contributed by atoms with E-state index in [0.29, 0.717) is 33.4 Å². The molecule has 39 heavy (non-hydrogen) atoms. The van der Waals surface area contributed by atoms with Crippen molar-refractivity contribution in [3.05, 3.63) is 94.7 Å². The first-order chi connectivity index (χ1) is 18.6. The van der Waals surface area contributed by atoms with E-state index in [1.54, 1.807) is 31.2 Å². The number of fused-ring (bicyclic) bond motifs is 1. The van der Waals surface area contributed by atoms with Crippen LogP contribution in [0.15, 0.2) is 71.5 Å². The molecular formula is C26H19F3N6O4. The Morgan fingerprint density at radius 2 is 1.79 bits per heavy atom. The Morgan fingerprint density at radius 1 is 1.08 bits per heavy atom. The van der Waals surface area contributed by atoms with Crippen LogP contribution in [0.5, 0.6) is 0 Å². The summed E-state index contributed by atoms with van der Waals surface area (Å²) in [7, 11) is 0. The minimum Gasteiger partial charge on any atom is -0.478 e. The topological polar surface area (TPSA) is 136 Å². The fourth-order valence-corrected chi connectivity index (χ4v) is 4.08. The van der Waals surface area contributed by atoms with Gasteiger partial charge in [-0.05, 0) is 59.6 Å². The second kappa shape index (κ2) is 10.0. The summed E-state index contributed by atoms with van der Waals surface area (Å²) < 4.78 is 45.0. The SMILES string of the molecule is C[C@H](NC(=O)c1cc(-c2cnon2)cc2nnn(Cc3ccc(C(F)(F)F)cc3)c12)c1ccc(C(=O)O)cc1. The fourth-order valence-electron chi connectivity index (χ4n) is 4.08. The first-order valence-electron chi connectivity index (χ1n) is 11.6. The molecule has 2 N–H and O–H groups in total. The van der Waals surface area contributed by atoms with Gasteiger partial charge in [-0.1, -0.05) is 34.6 Å². The zero-order valence-corrected chi connectivity index (χ0v) is 20.2. The van der Waals surface area contributed by atoms with Crippen molar-refractivity contribution in [1.82, 2.24) is 30.6 Å². The number of hydrogen-bond acceptors (Lipinski definition) is 7. The highest BCUT2D eigenvalue weighted by Crippen LogP contribution is 2.30. The minimum absolute atomic E-state index is 0.0615. The smallest absolute Gasteiger partial charge is 0.416 e. The van der Waals surface area contributed by atoms with Crippen molar-refractivity contribution < 1.29 is 32.5 Å². The predicted octanol–water partition coefficient (Wildman–Crippen LogP) is 4.74. The predicted molar refractivity (Wildman–Crippen MR) is 131 cm³/mol. The van der Waals surface area contributed by atoms with E-state index in [-0.39, 0.29) is 17.7 Å². The number of carbonyl (C=O) groups excluding carboxylic acids is 1. The number of rotatable bonds is 7. The van der Waals surface area contributed by atoms with E-state index in [1.165, 1.54) is 35.1 Å². The first-order valence-corrected chi connectivity index (χ1v) is 11.6. The van der Waals surface area contributed by atoms with Gasteiger partial charge in [-0.2, -0.15) is 13.2 Å². The van der Waals surface area contributed by atoms with Gasteiger partial charge in [0.15, 0.2) is 0 Å². The van der Waals surface area contributed by atoms with Crippen molar-refractivity contribution >= 4 is 22.9 Å². The van der Waals surface area contributed by atoms with Crippen molar-refractivity contribution in [3.63, 3.8) is 0 Å². The van der Waals surface area contributed by atoms with Crippen molar-refractivity contribution in [2.75, 3.05) is 0 Å². The van der Waals surface area contributed by atoms with Crippen LogP contribution in [0.3, 0.4) is 0 Å². The van der Waals surface area contributed by atoms with Crippen molar-refractivity contribution in [2.24, 2.45) is 0 Å². The van der Waals surface area contributed by atoms with Crippen LogP contribution in [0.2, 0.25) is 0 Å². The summed E-state index contributed by atoms with van der Waals surface area (Å²) >= 11 is 0. The largest absolute Gasteiger partial charge is 0.478 e. The Hall–Kier alpha value is -5.07. The molecule has 0 saturated heterocycles. The normalized spacial score (nSPS) is 12.4. The van der Waals surface area contributed by atoms with Crippen LogP contribution >= 0.6 is 0 Å². The molecule has 198 valence electrons. The number of nitrogens with zero attached hydrogens (tertiary/aromatic N) is 5. The molecule has 0 aliphatic heterocycles. The van der Waals surface area contributed by atoms with E-state index in [0.717, 1.165) is 12.1 Å². The van der Waals surface area contributed by atoms with Crippen molar-refractivity contribution in [2.45, 2.75) is 25.7 Å². The maximum atomic E-state index is 13.5. The van der Waals surface area contributed by atoms with Gasteiger partial charge < -0.3 is 10.4 Å². The number of aromatic nitrogens is 5. The molecule has 0 aliphatic carbocycles. The van der Waals surface area contributed by atoms with Crippen LogP contribution in [0.25, 0.3) is 22.3 Å². The summed E-state index contributed by atoms with van der Waals surface area (Å²) in [5.41, 5.74) is 2.31. The number of carboxylic acids is 1. The Morgan fingerprint density at radius 3 is 2.41 bits per heavy atom. The molecular weight excluding hydrogens is 517 g/mol. The Bertz CT molecular complexity index is 1650. The molecule has 5 rings (SSSR count). The number of nitrogens with one attached hydrogen (secondary N) is 1. The van der Waals surface area contributed by atoms with E-state index in [2.05, 4.69) is 30.6 Å². The van der Waals surface area contributed by atoms with Crippen LogP contribution in [-0.4, -0.2) is 42.3 Å². The number of hydrogen-bond donors (Lipinski definition) is 2. The molecule has 1 amide bonds. The number of amides is 1. The molecule has 2 heterocycles. The van der Waals surface area contributed by atoms with Crippen molar-refractivity contribution in [1.29, 1.82) is 0 Å². The molecule has 5 aromatic rings. The summed E-state index contributed by atoms with van der Waals surface area (Å²) in [4.78, 5) is 24.7. The Labute approximate surface area is 218 Å². The molecule has 2 aromatic heterocycles. The van der Waals surface area contributed by atoms with Gasteiger partial charge in [0, 0.05) is 5.56 Å². The molecule has 0 spiro atoms. The van der Waals surface area contributed by atoms with Gasteiger partial charge >= 0.3 is 12.1 Å². The fraction of sp³-hybridized carbons (Fsp3) is 0.154. The highest BCUT2D eigenvalue weighted by atomic mass is 19.4. The third-order valence-corrected chi connectivity index (χ3v) is 6.13. The average Bonchev–Trinajstić information content (AvgIpc) is 3.59. The molecule has 1 atom stereocenters. The van der Waals surface area contributed by atoms with Crippen LogP contribution in [0.4, 0.5) is 13.2 Å². The van der Waals surface area contributed by atoms with Gasteiger partial charge in [-0.3, -0.25) is 4.79 Å². The van der Waals surface area contributed by atoms with E-state index < -0.39 is 29.7 Å². The number of benzene rings is 3. The highest BCUT2D eigenvalue weighted by Gasteiger charge is 2.30. The van der Waals surface area contributed by atoms with Gasteiger partial charge in [0.2, 0.25) is 0 Å². The number of carbonyl (C=O) groups is 2. The molecule has 0 saturated carbocycles. The summed E-state index contributed by atoms with van der Waals surface area (Å²) in [6.45, 7) is 1.81. The lowest BCUT2D eigenvalue weighted by Gasteiger charge is -2.16. The first kappa shape index (κ1) is 25.6. The third kappa shape index (κ3) is 5.32. The van der Waals surface area contributed by atoms with E-state index in [9.17, 15) is 22.8 Å². The van der Waals surface area contributed by atoms with Crippen molar-refractivity contribution in [3.8, 4) is 11.3 Å². The lowest BCUT2D eigenvalue weighted by Crippen LogP contribution is -2.27. The number of alkyl halides is 3. The number of aromatic carboxylic acids is 1. The van der Waals surface area contributed by atoms with Gasteiger partial charge in [-0.25, -0.2) is 14.1 Å². The average molecular weight is 536 g/mol. The standard InChI is InChI=1S/C26H19F3N6O4/c1-14(16-4-6-17(7-5-16)25(37)38)31-24(36)20-10-18(22-12-30-39-33-22)11-21-23(20)35(34-32-21)13-15-2-8-19(9-3-15)26(27,28)29/h2-12,14H,13H2,1H3,(H,31,36)(H,37,38)/t14-/m0/s1. The molecule has 10 nitrogen and oxygen atoms in total. The Balaban J connectivity index is 1.50. The lowest BCUT2D eigenvalue weighted by atomic mass is 10.0. The highest BCUT2D eigenvalue weighted by molar-refractivity contribution is 6.06. The zero-order chi connectivity index (χ0) is 27.7. The second-order valence-electron chi connectivity index (χ2n) is 8.75. The molecule has 0 aliphatic rings. The molecule has 3 aromatic carbocycles. The summed E-state index contributed by atoms with van der Waals surface area (Å²) in [6, 6.07) is 13.5. The van der Waals surface area contributed by atoms with Crippen LogP contribution in [0.1, 0.15) is 50.4 Å². The van der Waals surface area contributed by atoms with Crippen LogP contribution < -0.4 is 5.32 Å². The third-order valence-electron chi connectivity index (χ3n) is 6.13. The van der Waals surface area contributed by atoms with Crippen LogP contribution in [-0.2, 0) is 12.7 Å². The lowest BCUT2D eigenvalue weighted by molar-refractivity contribution is -0.137. The van der Waals surface area contributed by atoms with Gasteiger partial charge in [0.1, 0.15) is 16.7 Å². The van der Waals surface area contributed by atoms with Gasteiger partial charge in [0.25, 0.3) is 5.91 Å². The van der Waals surface area contributed by atoms with Crippen LogP contribution in [0, 0.1) is 0 Å². The Kier molecular flexibility index (Phi) is 6.56. The number of halogens is 3. The maximum absolute atomic E-state index is 13.5.